The zero-order valence-electron chi connectivity index (χ0n) is 1.63. The molecule has 0 aromatic heterocycles. The third kappa shape index (κ3) is 38.1. The largest absolute Gasteiger partial charge is 6.00 e. The molecule has 0 aromatic rings. The Kier molecular flexibility index (Phi) is 1600. The summed E-state index contributed by atoms with van der Waals surface area (Å²) >= 11 is 0. The van der Waals surface area contributed by atoms with Crippen LogP contribution in [-0.2, 0) is 37.5 Å². The summed E-state index contributed by atoms with van der Waals surface area (Å²) in [5, 5.41) is 0. The molecule has 26 valence electrons. The molecule has 0 fully saturated rings. The van der Waals surface area contributed by atoms with Gasteiger partial charge in [0.05, 0.1) is 0 Å². The van der Waals surface area contributed by atoms with E-state index in [0.29, 0.717) is 0 Å². The first-order valence-electron chi connectivity index (χ1n) is 0. The van der Waals surface area contributed by atoms with Crippen molar-refractivity contribution in [2.75, 3.05) is 0 Å². The van der Waals surface area contributed by atoms with Gasteiger partial charge in [0.2, 0.25) is 0 Å². The fourth-order valence-corrected chi connectivity index (χ4v) is 0. The second-order valence-electron chi connectivity index (χ2n) is 0. The van der Waals surface area contributed by atoms with Crippen molar-refractivity contribution in [3.63, 3.8) is 0 Å². The molecular weight excluding hydrogens is 239 g/mol. The molecule has 5 heavy (non-hydrogen) atoms. The zero-order valence-corrected chi connectivity index (χ0v) is 4.57. The monoisotopic (exact) mass is 240 g/mol. The van der Waals surface area contributed by atoms with E-state index in [1.165, 1.54) is 0 Å². The van der Waals surface area contributed by atoms with Crippen LogP contribution in [0, 0.1) is 0 Å². The van der Waals surface area contributed by atoms with Gasteiger partial charge in [-0.2, -0.15) is 0 Å². The molecule has 0 aliphatic heterocycles. The summed E-state index contributed by atoms with van der Waals surface area (Å²) in [6.45, 7) is 0. The van der Waals surface area contributed by atoms with E-state index >= 15 is 0 Å². The molecule has 0 aliphatic rings. The zero-order chi connectivity index (χ0) is 0. The molecule has 0 saturated carbocycles. The van der Waals surface area contributed by atoms with Crippen LogP contribution in [0.1, 0.15) is 0 Å². The molecule has 0 spiro atoms. The Bertz CT molecular complexity index is 6.85. The summed E-state index contributed by atoms with van der Waals surface area (Å²) in [6.07, 6.45) is 0. The standard InChI is InChI=1S/Li.3O.W.H/q;3*-2;+6;. The molecule has 0 atom stereocenters. The van der Waals surface area contributed by atoms with E-state index in [0.717, 1.165) is 0 Å². The van der Waals surface area contributed by atoms with Crippen molar-refractivity contribution in [1.29, 1.82) is 0 Å². The summed E-state index contributed by atoms with van der Waals surface area (Å²) in [5.41, 5.74) is 0. The topological polar surface area (TPSA) is 85.5 Å². The summed E-state index contributed by atoms with van der Waals surface area (Å²) in [7, 11) is 0. The minimum absolute atomic E-state index is 0. The van der Waals surface area contributed by atoms with Crippen LogP contribution < -0.4 is 0 Å². The summed E-state index contributed by atoms with van der Waals surface area (Å²) in [4.78, 5) is 0. The first-order valence-corrected chi connectivity index (χ1v) is 0. The molecule has 0 aliphatic carbocycles. The van der Waals surface area contributed by atoms with Gasteiger partial charge in [-0.15, -0.1) is 0 Å². The molecule has 0 radical (unpaired) electrons. The number of rotatable bonds is 0. The normalized spacial score (nSPS) is 0. The van der Waals surface area contributed by atoms with E-state index in [-0.39, 0.29) is 56.4 Å². The van der Waals surface area contributed by atoms with Crippen LogP contribution in [0.25, 0.3) is 0 Å². The van der Waals surface area contributed by atoms with Gasteiger partial charge >= 0.3 is 39.9 Å². The van der Waals surface area contributed by atoms with Crippen molar-refractivity contribution in [1.82, 2.24) is 0 Å². The van der Waals surface area contributed by atoms with Gasteiger partial charge in [-0.25, -0.2) is 0 Å². The van der Waals surface area contributed by atoms with Crippen LogP contribution in [0.4, 0.5) is 0 Å². The van der Waals surface area contributed by atoms with Gasteiger partial charge in [-0.05, 0) is 0 Å². The minimum Gasteiger partial charge on any atom is -2.00 e. The maximum absolute atomic E-state index is 0. The van der Waals surface area contributed by atoms with Crippen LogP contribution in [0.15, 0.2) is 0 Å². The maximum atomic E-state index is 0. The van der Waals surface area contributed by atoms with Crippen molar-refractivity contribution in [3.05, 3.63) is 0 Å². The van der Waals surface area contributed by atoms with Gasteiger partial charge in [-0.3, -0.25) is 0 Å². The molecule has 0 aromatic carbocycles. The van der Waals surface area contributed by atoms with E-state index < -0.39 is 0 Å². The fourth-order valence-electron chi connectivity index (χ4n) is 0. The predicted octanol–water partition coefficient (Wildman–Crippen LogP) is -1.01. The molecule has 0 bridgehead atoms. The van der Waals surface area contributed by atoms with E-state index in [2.05, 4.69) is 0 Å². The molecule has 0 amide bonds. The Morgan fingerprint density at radius 2 is 0.600 bits per heavy atom. The molecule has 3 nitrogen and oxygen atoms in total. The minimum atomic E-state index is 0. The van der Waals surface area contributed by atoms with Gasteiger partial charge in [0.1, 0.15) is 0 Å². The van der Waals surface area contributed by atoms with Crippen LogP contribution in [0.5, 0.6) is 0 Å². The second kappa shape index (κ2) is 66.0. The average Bonchev–Trinajstić information content (AvgIpc) is 0. The van der Waals surface area contributed by atoms with Gasteiger partial charge in [0.25, 0.3) is 0 Å². The molecule has 0 saturated heterocycles. The quantitative estimate of drug-likeness (QED) is 0.486. The van der Waals surface area contributed by atoms with E-state index in [4.69, 9.17) is 0 Å². The van der Waals surface area contributed by atoms with Crippen LogP contribution in [-0.4, -0.2) is 18.9 Å². The number of hydrogen-bond acceptors (Lipinski definition) is 0. The predicted molar refractivity (Wildman–Crippen MR) is 9.21 cm³/mol. The van der Waals surface area contributed by atoms with Crippen molar-refractivity contribution < 1.29 is 37.5 Å². The molecule has 0 N–H and O–H groups in total. The Labute approximate surface area is 56.5 Å². The van der Waals surface area contributed by atoms with Gasteiger partial charge in [0, 0.05) is 0 Å². The van der Waals surface area contributed by atoms with Crippen LogP contribution >= 0.6 is 0 Å². The van der Waals surface area contributed by atoms with Crippen molar-refractivity contribution in [2.24, 2.45) is 0 Å². The maximum Gasteiger partial charge on any atom is 6.00 e. The summed E-state index contributed by atoms with van der Waals surface area (Å²) < 4.78 is 0. The van der Waals surface area contributed by atoms with Gasteiger partial charge in [-0.1, -0.05) is 0 Å². The van der Waals surface area contributed by atoms with E-state index in [1.807, 2.05) is 0 Å². The smallest absolute Gasteiger partial charge is 2.00 e. The van der Waals surface area contributed by atoms with Gasteiger partial charge in [0.15, 0.2) is 0 Å². The summed E-state index contributed by atoms with van der Waals surface area (Å²) in [5.74, 6) is 0. The second-order valence-corrected chi connectivity index (χ2v) is 0. The Balaban J connectivity index is 0. The summed E-state index contributed by atoms with van der Waals surface area (Å²) in [6, 6.07) is 0. The third-order valence-corrected chi connectivity index (χ3v) is 0. The van der Waals surface area contributed by atoms with Crippen LogP contribution in [0.3, 0.4) is 0 Å². The van der Waals surface area contributed by atoms with E-state index in [1.54, 1.807) is 0 Å². The first kappa shape index (κ1) is 121. The Morgan fingerprint density at radius 1 is 0.600 bits per heavy atom. The molecule has 5 heteroatoms. The molecule has 0 rings (SSSR count). The van der Waals surface area contributed by atoms with Crippen LogP contribution in [0.2, 0.25) is 0 Å². The van der Waals surface area contributed by atoms with Crippen molar-refractivity contribution in [2.45, 2.75) is 0 Å². The Hall–Kier alpha value is 1.17. The van der Waals surface area contributed by atoms with E-state index in [9.17, 15) is 0 Å². The van der Waals surface area contributed by atoms with Crippen molar-refractivity contribution >= 4 is 18.9 Å². The molecule has 0 unspecified atom stereocenters. The first-order chi connectivity index (χ1) is 0. The average molecular weight is 240 g/mol. The molecular formula is HLiO3W. The fraction of sp³-hybridized carbons (Fsp3) is 0. The SMILES string of the molecule is [LiH].[O-2].[O-2].[O-2].[W+6]. The van der Waals surface area contributed by atoms with Gasteiger partial charge < -0.3 is 16.4 Å². The van der Waals surface area contributed by atoms with Crippen molar-refractivity contribution in [3.8, 4) is 0 Å². The Morgan fingerprint density at radius 3 is 0.600 bits per heavy atom. The molecule has 0 heterocycles. The number of hydrogen-bond donors (Lipinski definition) is 0. The third-order valence-electron chi connectivity index (χ3n) is 0.